The molecule has 0 aromatic heterocycles. The van der Waals surface area contributed by atoms with E-state index in [9.17, 15) is 13.2 Å². The first-order valence-corrected chi connectivity index (χ1v) is 10.4. The quantitative estimate of drug-likeness (QED) is 0.605. The Kier molecular flexibility index (Phi) is 5.27. The molecule has 0 aliphatic carbocycles. The van der Waals surface area contributed by atoms with Crippen LogP contribution in [0.5, 0.6) is 0 Å². The molecule has 8 heteroatoms. The Balaban J connectivity index is 1.52. The van der Waals surface area contributed by atoms with Gasteiger partial charge >= 0.3 is 0 Å². The summed E-state index contributed by atoms with van der Waals surface area (Å²) in [6.07, 6.45) is 2.16. The van der Waals surface area contributed by atoms with Crippen molar-refractivity contribution in [3.8, 4) is 0 Å². The van der Waals surface area contributed by atoms with Crippen LogP contribution in [0.15, 0.2) is 29.3 Å². The highest BCUT2D eigenvalue weighted by molar-refractivity contribution is 7.91. The molecule has 2 aliphatic heterocycles. The van der Waals surface area contributed by atoms with Crippen LogP contribution in [0.3, 0.4) is 0 Å². The second-order valence-electron chi connectivity index (χ2n) is 6.49. The molecule has 2 aliphatic rings. The highest BCUT2D eigenvalue weighted by Crippen LogP contribution is 2.21. The molecular weight excluding hydrogens is 340 g/mol. The molecule has 3 rings (SSSR count). The molecule has 2 saturated heterocycles. The molecule has 136 valence electrons. The summed E-state index contributed by atoms with van der Waals surface area (Å²) in [5, 5.41) is 6.36. The third kappa shape index (κ3) is 4.50. The molecule has 1 amide bonds. The SMILES string of the molecule is CN=C(NCc1ccc(N2CCCC2=O)cc1)NC1CCS(=O)(=O)C1. The maximum absolute atomic E-state index is 11.8. The van der Waals surface area contributed by atoms with Gasteiger partial charge in [0.15, 0.2) is 15.8 Å². The number of carbonyl (C=O) groups is 1. The number of rotatable bonds is 4. The lowest BCUT2D eigenvalue weighted by Gasteiger charge is -2.17. The van der Waals surface area contributed by atoms with Gasteiger partial charge in [0.1, 0.15) is 0 Å². The van der Waals surface area contributed by atoms with E-state index in [4.69, 9.17) is 0 Å². The number of sulfone groups is 1. The molecular formula is C17H24N4O3S. The third-order valence-corrected chi connectivity index (χ3v) is 6.35. The fraction of sp³-hybridized carbons (Fsp3) is 0.529. The van der Waals surface area contributed by atoms with Crippen LogP contribution in [0.2, 0.25) is 0 Å². The Morgan fingerprint density at radius 2 is 2.08 bits per heavy atom. The zero-order valence-electron chi connectivity index (χ0n) is 14.4. The zero-order chi connectivity index (χ0) is 17.9. The van der Waals surface area contributed by atoms with Gasteiger partial charge in [0.25, 0.3) is 0 Å². The van der Waals surface area contributed by atoms with Crippen LogP contribution in [0, 0.1) is 0 Å². The summed E-state index contributed by atoms with van der Waals surface area (Å²) in [6, 6.07) is 7.81. The van der Waals surface area contributed by atoms with Crippen molar-refractivity contribution in [2.24, 2.45) is 4.99 Å². The predicted octanol–water partition coefficient (Wildman–Crippen LogP) is 0.665. The molecule has 25 heavy (non-hydrogen) atoms. The number of hydrogen-bond acceptors (Lipinski definition) is 4. The lowest BCUT2D eigenvalue weighted by molar-refractivity contribution is -0.117. The number of aliphatic imine (C=N–C) groups is 1. The smallest absolute Gasteiger partial charge is 0.227 e. The Hall–Kier alpha value is -2.09. The van der Waals surface area contributed by atoms with Crippen LogP contribution >= 0.6 is 0 Å². The van der Waals surface area contributed by atoms with E-state index in [2.05, 4.69) is 15.6 Å². The minimum absolute atomic E-state index is 0.0836. The lowest BCUT2D eigenvalue weighted by Crippen LogP contribution is -2.43. The number of nitrogens with zero attached hydrogens (tertiary/aromatic N) is 2. The van der Waals surface area contributed by atoms with Crippen molar-refractivity contribution >= 4 is 27.4 Å². The molecule has 1 aromatic rings. The number of anilines is 1. The van der Waals surface area contributed by atoms with Crippen LogP contribution in [-0.4, -0.2) is 51.4 Å². The fourth-order valence-corrected chi connectivity index (χ4v) is 4.87. The van der Waals surface area contributed by atoms with Crippen LogP contribution in [0.1, 0.15) is 24.8 Å². The van der Waals surface area contributed by atoms with Gasteiger partial charge in [0.05, 0.1) is 11.5 Å². The van der Waals surface area contributed by atoms with E-state index in [0.29, 0.717) is 25.3 Å². The van der Waals surface area contributed by atoms with Gasteiger partial charge in [-0.15, -0.1) is 0 Å². The Morgan fingerprint density at radius 1 is 1.32 bits per heavy atom. The second kappa shape index (κ2) is 7.43. The van der Waals surface area contributed by atoms with Crippen molar-refractivity contribution in [3.63, 3.8) is 0 Å². The number of carbonyl (C=O) groups excluding carboxylic acids is 1. The van der Waals surface area contributed by atoms with E-state index >= 15 is 0 Å². The third-order valence-electron chi connectivity index (χ3n) is 4.58. The fourth-order valence-electron chi connectivity index (χ4n) is 3.20. The van der Waals surface area contributed by atoms with Gasteiger partial charge in [-0.2, -0.15) is 0 Å². The molecule has 1 unspecified atom stereocenters. The van der Waals surface area contributed by atoms with Gasteiger partial charge in [0, 0.05) is 38.3 Å². The van der Waals surface area contributed by atoms with Crippen molar-refractivity contribution in [2.75, 3.05) is 30.0 Å². The van der Waals surface area contributed by atoms with Crippen LogP contribution in [-0.2, 0) is 21.2 Å². The summed E-state index contributed by atoms with van der Waals surface area (Å²) in [5.41, 5.74) is 2.00. The molecule has 7 nitrogen and oxygen atoms in total. The Bertz CT molecular complexity index is 759. The van der Waals surface area contributed by atoms with E-state index in [0.717, 1.165) is 24.2 Å². The van der Waals surface area contributed by atoms with E-state index in [1.165, 1.54) is 0 Å². The molecule has 0 saturated carbocycles. The van der Waals surface area contributed by atoms with Gasteiger partial charge in [-0.25, -0.2) is 8.42 Å². The van der Waals surface area contributed by atoms with E-state index in [-0.39, 0.29) is 23.5 Å². The molecule has 0 radical (unpaired) electrons. The van der Waals surface area contributed by atoms with Crippen molar-refractivity contribution in [3.05, 3.63) is 29.8 Å². The Labute approximate surface area is 148 Å². The topological polar surface area (TPSA) is 90.9 Å². The summed E-state index contributed by atoms with van der Waals surface area (Å²) in [6.45, 7) is 1.37. The van der Waals surface area contributed by atoms with E-state index in [1.807, 2.05) is 29.2 Å². The maximum atomic E-state index is 11.8. The summed E-state index contributed by atoms with van der Waals surface area (Å²) < 4.78 is 23.1. The van der Waals surface area contributed by atoms with Crippen molar-refractivity contribution in [1.29, 1.82) is 0 Å². The average molecular weight is 364 g/mol. The minimum atomic E-state index is -2.91. The standard InChI is InChI=1S/C17H24N4O3S/c1-18-17(20-14-8-10-25(23,24)12-14)19-11-13-4-6-15(7-5-13)21-9-2-3-16(21)22/h4-7,14H,2-3,8-12H2,1H3,(H2,18,19,20). The van der Waals surface area contributed by atoms with Crippen molar-refractivity contribution in [2.45, 2.75) is 31.8 Å². The average Bonchev–Trinajstić information content (AvgIpc) is 3.17. The largest absolute Gasteiger partial charge is 0.353 e. The van der Waals surface area contributed by atoms with Crippen molar-refractivity contribution < 1.29 is 13.2 Å². The monoisotopic (exact) mass is 364 g/mol. The summed E-state index contributed by atoms with van der Waals surface area (Å²) in [7, 11) is -1.24. The molecule has 1 aromatic carbocycles. The molecule has 2 fully saturated rings. The van der Waals surface area contributed by atoms with E-state index in [1.54, 1.807) is 7.05 Å². The summed E-state index contributed by atoms with van der Waals surface area (Å²) in [5.74, 6) is 1.17. The van der Waals surface area contributed by atoms with Gasteiger partial charge in [-0.05, 0) is 30.5 Å². The zero-order valence-corrected chi connectivity index (χ0v) is 15.2. The first-order valence-electron chi connectivity index (χ1n) is 8.54. The second-order valence-corrected chi connectivity index (χ2v) is 8.71. The lowest BCUT2D eigenvalue weighted by atomic mass is 10.2. The van der Waals surface area contributed by atoms with Gasteiger partial charge in [-0.3, -0.25) is 9.79 Å². The van der Waals surface area contributed by atoms with Crippen LogP contribution in [0.4, 0.5) is 5.69 Å². The normalized spacial score (nSPS) is 23.1. The number of benzene rings is 1. The van der Waals surface area contributed by atoms with Crippen molar-refractivity contribution in [1.82, 2.24) is 10.6 Å². The molecule has 2 heterocycles. The highest BCUT2D eigenvalue weighted by Gasteiger charge is 2.28. The summed E-state index contributed by atoms with van der Waals surface area (Å²) in [4.78, 5) is 17.7. The molecule has 0 bridgehead atoms. The number of nitrogens with one attached hydrogen (secondary N) is 2. The minimum Gasteiger partial charge on any atom is -0.353 e. The molecule has 0 spiro atoms. The van der Waals surface area contributed by atoms with Crippen LogP contribution in [0.25, 0.3) is 0 Å². The highest BCUT2D eigenvalue weighted by atomic mass is 32.2. The predicted molar refractivity (Wildman–Crippen MR) is 98.4 cm³/mol. The summed E-state index contributed by atoms with van der Waals surface area (Å²) >= 11 is 0. The van der Waals surface area contributed by atoms with Crippen LogP contribution < -0.4 is 15.5 Å². The Morgan fingerprint density at radius 3 is 2.64 bits per heavy atom. The van der Waals surface area contributed by atoms with Gasteiger partial charge in [-0.1, -0.05) is 12.1 Å². The number of guanidine groups is 1. The molecule has 2 N–H and O–H groups in total. The van der Waals surface area contributed by atoms with E-state index < -0.39 is 9.84 Å². The van der Waals surface area contributed by atoms with Gasteiger partial charge < -0.3 is 15.5 Å². The number of hydrogen-bond donors (Lipinski definition) is 2. The first-order chi connectivity index (χ1) is 12.0. The van der Waals surface area contributed by atoms with Gasteiger partial charge in [0.2, 0.25) is 5.91 Å². The number of amides is 1. The molecule has 1 atom stereocenters. The maximum Gasteiger partial charge on any atom is 0.227 e. The first kappa shape index (κ1) is 17.7.